The quantitative estimate of drug-likeness (QED) is 0.625. The Bertz CT molecular complexity index is 219. The topological polar surface area (TPSA) is 68.0 Å². The molecule has 0 spiro atoms. The van der Waals surface area contributed by atoms with E-state index in [4.69, 9.17) is 5.11 Å². The fourth-order valence-electron chi connectivity index (χ4n) is 0.525. The maximum atomic E-state index is 10.3. The zero-order valence-corrected chi connectivity index (χ0v) is 5.43. The fourth-order valence-corrected chi connectivity index (χ4v) is 0.525. The van der Waals surface area contributed by atoms with Gasteiger partial charge in [-0.3, -0.25) is 0 Å². The highest BCUT2D eigenvalue weighted by Gasteiger charge is 2.13. The molecule has 54 valence electrons. The molecule has 0 radical (unpaired) electrons. The molecular weight excluding hydrogens is 134 g/mol. The Morgan fingerprint density at radius 1 is 1.60 bits per heavy atom. The molecule has 1 aromatic heterocycles. The van der Waals surface area contributed by atoms with Crippen molar-refractivity contribution in [2.45, 2.75) is 13.0 Å². The summed E-state index contributed by atoms with van der Waals surface area (Å²) in [7, 11) is 0. The van der Waals surface area contributed by atoms with Gasteiger partial charge >= 0.3 is 5.97 Å². The van der Waals surface area contributed by atoms with E-state index in [1.165, 1.54) is 19.3 Å². The zero-order chi connectivity index (χ0) is 7.56. The second-order valence-corrected chi connectivity index (χ2v) is 1.86. The van der Waals surface area contributed by atoms with E-state index in [1.807, 2.05) is 0 Å². The lowest BCUT2D eigenvalue weighted by molar-refractivity contribution is -0.141. The molecule has 0 aliphatic carbocycles. The molecule has 5 heteroatoms. The van der Waals surface area contributed by atoms with Gasteiger partial charge in [0, 0.05) is 0 Å². The van der Waals surface area contributed by atoms with Crippen LogP contribution >= 0.6 is 0 Å². The number of carbonyl (C=O) groups is 1. The van der Waals surface area contributed by atoms with Crippen LogP contribution in [0, 0.1) is 0 Å². The minimum Gasteiger partial charge on any atom is -0.480 e. The Balaban J connectivity index is 2.77. The molecule has 0 unspecified atom stereocenters. The first-order valence-corrected chi connectivity index (χ1v) is 2.80. The van der Waals surface area contributed by atoms with Crippen LogP contribution in [0.2, 0.25) is 0 Å². The van der Waals surface area contributed by atoms with Gasteiger partial charge in [0.2, 0.25) is 0 Å². The summed E-state index contributed by atoms with van der Waals surface area (Å²) in [6, 6.07) is -0.685. The third-order valence-electron chi connectivity index (χ3n) is 1.14. The van der Waals surface area contributed by atoms with E-state index in [0.717, 1.165) is 4.80 Å². The molecule has 0 amide bonds. The van der Waals surface area contributed by atoms with Crippen molar-refractivity contribution in [3.05, 3.63) is 12.4 Å². The number of hydrogen-bond donors (Lipinski definition) is 1. The van der Waals surface area contributed by atoms with Crippen LogP contribution < -0.4 is 0 Å². The first-order valence-electron chi connectivity index (χ1n) is 2.80. The average molecular weight is 141 g/mol. The third-order valence-corrected chi connectivity index (χ3v) is 1.14. The third kappa shape index (κ3) is 1.12. The van der Waals surface area contributed by atoms with Crippen LogP contribution in [-0.4, -0.2) is 26.1 Å². The average Bonchev–Trinajstić information content (AvgIpc) is 2.36. The van der Waals surface area contributed by atoms with Gasteiger partial charge < -0.3 is 5.11 Å². The van der Waals surface area contributed by atoms with Crippen LogP contribution in [0.3, 0.4) is 0 Å². The Morgan fingerprint density at radius 2 is 2.10 bits per heavy atom. The predicted molar refractivity (Wildman–Crippen MR) is 32.4 cm³/mol. The number of rotatable bonds is 2. The Kier molecular flexibility index (Phi) is 1.66. The Morgan fingerprint density at radius 3 is 2.50 bits per heavy atom. The van der Waals surface area contributed by atoms with Crippen molar-refractivity contribution in [2.75, 3.05) is 0 Å². The molecule has 1 N–H and O–H groups in total. The lowest BCUT2D eigenvalue weighted by atomic mass is 10.4. The largest absolute Gasteiger partial charge is 0.480 e. The van der Waals surface area contributed by atoms with E-state index in [1.54, 1.807) is 0 Å². The zero-order valence-electron chi connectivity index (χ0n) is 5.43. The first-order chi connectivity index (χ1) is 4.72. The van der Waals surface area contributed by atoms with Crippen LogP contribution in [0.5, 0.6) is 0 Å². The first kappa shape index (κ1) is 6.73. The monoisotopic (exact) mass is 141 g/mol. The molecular formula is C5H7N3O2. The maximum absolute atomic E-state index is 10.3. The van der Waals surface area contributed by atoms with Gasteiger partial charge in [0.1, 0.15) is 0 Å². The molecule has 1 aromatic rings. The molecule has 1 atom stereocenters. The second-order valence-electron chi connectivity index (χ2n) is 1.86. The highest BCUT2D eigenvalue weighted by Crippen LogP contribution is 1.98. The maximum Gasteiger partial charge on any atom is 0.330 e. The normalized spacial score (nSPS) is 12.9. The second kappa shape index (κ2) is 2.47. The predicted octanol–water partition coefficient (Wildman–Crippen LogP) is -0.0763. The minimum absolute atomic E-state index is 0.685. The van der Waals surface area contributed by atoms with Gasteiger partial charge in [-0.25, -0.2) is 4.79 Å². The van der Waals surface area contributed by atoms with Crippen LogP contribution in [-0.2, 0) is 4.79 Å². The Hall–Kier alpha value is -1.39. The van der Waals surface area contributed by atoms with Crippen LogP contribution in [0.4, 0.5) is 0 Å². The molecule has 10 heavy (non-hydrogen) atoms. The molecule has 0 aliphatic heterocycles. The number of nitrogens with zero attached hydrogens (tertiary/aromatic N) is 3. The molecule has 0 saturated carbocycles. The van der Waals surface area contributed by atoms with Crippen LogP contribution in [0.15, 0.2) is 12.4 Å². The molecule has 1 heterocycles. The summed E-state index contributed by atoms with van der Waals surface area (Å²) in [4.78, 5) is 11.4. The highest BCUT2D eigenvalue weighted by atomic mass is 16.4. The minimum atomic E-state index is -0.934. The van der Waals surface area contributed by atoms with E-state index in [9.17, 15) is 4.79 Å². The van der Waals surface area contributed by atoms with Crippen molar-refractivity contribution in [2.24, 2.45) is 0 Å². The van der Waals surface area contributed by atoms with E-state index >= 15 is 0 Å². The SMILES string of the molecule is C[C@@H](C(=O)O)n1nccn1. The summed E-state index contributed by atoms with van der Waals surface area (Å²) < 4.78 is 0. The van der Waals surface area contributed by atoms with Gasteiger partial charge in [-0.2, -0.15) is 15.0 Å². The van der Waals surface area contributed by atoms with Crippen LogP contribution in [0.1, 0.15) is 13.0 Å². The number of aromatic nitrogens is 3. The van der Waals surface area contributed by atoms with E-state index in [2.05, 4.69) is 10.2 Å². The van der Waals surface area contributed by atoms with Gasteiger partial charge in [0.15, 0.2) is 6.04 Å². The van der Waals surface area contributed by atoms with E-state index in [0.29, 0.717) is 0 Å². The molecule has 5 nitrogen and oxygen atoms in total. The van der Waals surface area contributed by atoms with Crippen molar-refractivity contribution in [1.82, 2.24) is 15.0 Å². The molecule has 0 fully saturated rings. The highest BCUT2D eigenvalue weighted by molar-refractivity contribution is 5.70. The van der Waals surface area contributed by atoms with Gasteiger partial charge in [-0.1, -0.05) is 0 Å². The van der Waals surface area contributed by atoms with Crippen molar-refractivity contribution in [3.8, 4) is 0 Å². The lowest BCUT2D eigenvalue weighted by Gasteiger charge is -2.02. The smallest absolute Gasteiger partial charge is 0.330 e. The lowest BCUT2D eigenvalue weighted by Crippen LogP contribution is -2.17. The number of hydrogen-bond acceptors (Lipinski definition) is 3. The molecule has 0 bridgehead atoms. The molecule has 0 aliphatic rings. The van der Waals surface area contributed by atoms with Crippen molar-refractivity contribution < 1.29 is 9.90 Å². The summed E-state index contributed by atoms with van der Waals surface area (Å²) in [6.07, 6.45) is 2.89. The van der Waals surface area contributed by atoms with Crippen molar-refractivity contribution in [1.29, 1.82) is 0 Å². The van der Waals surface area contributed by atoms with Crippen LogP contribution in [0.25, 0.3) is 0 Å². The van der Waals surface area contributed by atoms with Gasteiger partial charge in [-0.05, 0) is 6.92 Å². The fraction of sp³-hybridized carbons (Fsp3) is 0.400. The summed E-state index contributed by atoms with van der Waals surface area (Å²) in [5.41, 5.74) is 0. The number of carboxylic acids is 1. The summed E-state index contributed by atoms with van der Waals surface area (Å²) in [5, 5.41) is 15.8. The van der Waals surface area contributed by atoms with Crippen molar-refractivity contribution >= 4 is 5.97 Å². The van der Waals surface area contributed by atoms with Crippen molar-refractivity contribution in [3.63, 3.8) is 0 Å². The molecule has 0 saturated heterocycles. The number of aliphatic carboxylic acids is 1. The van der Waals surface area contributed by atoms with Gasteiger partial charge in [-0.15, -0.1) is 0 Å². The van der Waals surface area contributed by atoms with Gasteiger partial charge in [0.05, 0.1) is 12.4 Å². The van der Waals surface area contributed by atoms with E-state index in [-0.39, 0.29) is 0 Å². The summed E-state index contributed by atoms with van der Waals surface area (Å²) in [5.74, 6) is -0.934. The summed E-state index contributed by atoms with van der Waals surface area (Å²) in [6.45, 7) is 1.52. The number of carboxylic acid groups (broad SMARTS) is 1. The van der Waals surface area contributed by atoms with Gasteiger partial charge in [0.25, 0.3) is 0 Å². The standard InChI is InChI=1S/C5H7N3O2/c1-4(5(9)10)8-6-2-3-7-8/h2-4H,1H3,(H,9,10)/t4-/m0/s1. The Labute approximate surface area is 57.3 Å². The molecule has 1 rings (SSSR count). The van der Waals surface area contributed by atoms with E-state index < -0.39 is 12.0 Å². The molecule has 0 aromatic carbocycles. The summed E-state index contributed by atoms with van der Waals surface area (Å²) >= 11 is 0.